The van der Waals surface area contributed by atoms with Crippen molar-refractivity contribution < 1.29 is 9.47 Å². The number of fused-ring (bicyclic) bond motifs is 2. The van der Waals surface area contributed by atoms with Crippen LogP contribution in [0, 0.1) is 5.92 Å². The minimum atomic E-state index is 0.0725. The zero-order valence-corrected chi connectivity index (χ0v) is 13.0. The number of benzene rings is 1. The number of aromatic nitrogens is 1. The van der Waals surface area contributed by atoms with Gasteiger partial charge < -0.3 is 14.0 Å². The second kappa shape index (κ2) is 5.10. The van der Waals surface area contributed by atoms with Crippen molar-refractivity contribution in [2.75, 3.05) is 7.11 Å². The molecular formula is C17H21NO3. The summed E-state index contributed by atoms with van der Waals surface area (Å²) in [6.07, 6.45) is 1.76. The Hall–Kier alpha value is -1.97. The molecule has 1 aromatic carbocycles. The first kappa shape index (κ1) is 14.0. The third kappa shape index (κ3) is 2.19. The second-order valence-electron chi connectivity index (χ2n) is 6.10. The molecule has 0 saturated heterocycles. The highest BCUT2D eigenvalue weighted by Gasteiger charge is 2.30. The van der Waals surface area contributed by atoms with E-state index in [1.807, 2.05) is 29.8 Å². The molecule has 0 spiro atoms. The number of rotatable bonds is 3. The predicted molar refractivity (Wildman–Crippen MR) is 83.3 cm³/mol. The van der Waals surface area contributed by atoms with E-state index in [0.717, 1.165) is 17.5 Å². The van der Waals surface area contributed by atoms with Crippen LogP contribution in [0.3, 0.4) is 0 Å². The van der Waals surface area contributed by atoms with Gasteiger partial charge in [-0.3, -0.25) is 4.79 Å². The van der Waals surface area contributed by atoms with Crippen LogP contribution in [0.4, 0.5) is 0 Å². The van der Waals surface area contributed by atoms with Gasteiger partial charge >= 0.3 is 0 Å². The number of hydrogen-bond donors (Lipinski definition) is 0. The summed E-state index contributed by atoms with van der Waals surface area (Å²) in [5.41, 5.74) is 1.67. The average Bonchev–Trinajstić information content (AvgIpc) is 2.87. The molecule has 3 rings (SSSR count). The number of methoxy groups -OCH3 is 1. The Morgan fingerprint density at radius 2 is 2.19 bits per heavy atom. The molecule has 1 atom stereocenters. The van der Waals surface area contributed by atoms with Gasteiger partial charge in [-0.05, 0) is 24.5 Å². The minimum Gasteiger partial charge on any atom is -0.495 e. The maximum absolute atomic E-state index is 12.7. The minimum absolute atomic E-state index is 0.0725. The molecule has 2 heterocycles. The largest absolute Gasteiger partial charge is 0.495 e. The second-order valence-corrected chi connectivity index (χ2v) is 6.10. The van der Waals surface area contributed by atoms with E-state index in [-0.39, 0.29) is 11.5 Å². The molecule has 112 valence electrons. The third-order valence-corrected chi connectivity index (χ3v) is 4.08. The zero-order valence-electron chi connectivity index (χ0n) is 13.0. The van der Waals surface area contributed by atoms with E-state index in [2.05, 4.69) is 13.8 Å². The van der Waals surface area contributed by atoms with Crippen LogP contribution in [-0.2, 0) is 13.5 Å². The molecule has 0 saturated carbocycles. The van der Waals surface area contributed by atoms with E-state index in [1.165, 1.54) is 0 Å². The van der Waals surface area contributed by atoms with Gasteiger partial charge in [0.15, 0.2) is 5.43 Å². The summed E-state index contributed by atoms with van der Waals surface area (Å²) in [6, 6.07) is 5.58. The van der Waals surface area contributed by atoms with E-state index in [9.17, 15) is 4.79 Å². The Morgan fingerprint density at radius 3 is 2.86 bits per heavy atom. The zero-order chi connectivity index (χ0) is 15.1. The highest BCUT2D eigenvalue weighted by molar-refractivity contribution is 5.86. The fraction of sp³-hybridized carbons (Fsp3) is 0.471. The van der Waals surface area contributed by atoms with Crippen LogP contribution in [-0.4, -0.2) is 17.8 Å². The van der Waals surface area contributed by atoms with Crippen molar-refractivity contribution in [3.05, 3.63) is 34.0 Å². The van der Waals surface area contributed by atoms with Gasteiger partial charge in [-0.2, -0.15) is 0 Å². The molecule has 1 aromatic heterocycles. The molecule has 0 bridgehead atoms. The average molecular weight is 287 g/mol. The smallest absolute Gasteiger partial charge is 0.201 e. The lowest BCUT2D eigenvalue weighted by Crippen LogP contribution is -2.16. The van der Waals surface area contributed by atoms with Crippen molar-refractivity contribution >= 4 is 10.9 Å². The van der Waals surface area contributed by atoms with Crippen LogP contribution in [0.1, 0.15) is 25.8 Å². The predicted octanol–water partition coefficient (Wildman–Crippen LogP) is 2.90. The number of nitrogens with zero attached hydrogens (tertiary/aromatic N) is 1. The Kier molecular flexibility index (Phi) is 3.40. The first-order chi connectivity index (χ1) is 10.0. The van der Waals surface area contributed by atoms with Crippen molar-refractivity contribution in [3.8, 4) is 11.6 Å². The van der Waals surface area contributed by atoms with Crippen molar-refractivity contribution in [2.24, 2.45) is 13.0 Å². The van der Waals surface area contributed by atoms with Gasteiger partial charge in [-0.1, -0.05) is 19.9 Å². The SMILES string of the molecule is COc1cccc2c(=O)c3c(n(C)c12)OC(CC(C)C)C3. The molecule has 2 aromatic rings. The van der Waals surface area contributed by atoms with Crippen LogP contribution < -0.4 is 14.9 Å². The monoisotopic (exact) mass is 287 g/mol. The molecule has 0 N–H and O–H groups in total. The van der Waals surface area contributed by atoms with Crippen LogP contribution in [0.25, 0.3) is 10.9 Å². The molecule has 0 amide bonds. The number of pyridine rings is 1. The maximum Gasteiger partial charge on any atom is 0.201 e. The molecule has 4 nitrogen and oxygen atoms in total. The Balaban J connectivity index is 2.20. The standard InChI is InChI=1S/C17H21NO3/c1-10(2)8-11-9-13-16(19)12-6-5-7-14(20-4)15(12)18(3)17(13)21-11/h5-7,10-11H,8-9H2,1-4H3. The molecule has 21 heavy (non-hydrogen) atoms. The summed E-state index contributed by atoms with van der Waals surface area (Å²) in [6.45, 7) is 4.34. The van der Waals surface area contributed by atoms with Crippen molar-refractivity contribution in [1.82, 2.24) is 4.57 Å². The fourth-order valence-electron chi connectivity index (χ4n) is 3.19. The molecule has 0 fully saturated rings. The lowest BCUT2D eigenvalue weighted by molar-refractivity contribution is 0.191. The normalized spacial score (nSPS) is 17.1. The number of ether oxygens (including phenoxy) is 2. The molecule has 0 radical (unpaired) electrons. The van der Waals surface area contributed by atoms with Crippen LogP contribution in [0.2, 0.25) is 0 Å². The number of para-hydroxylation sites is 1. The molecule has 4 heteroatoms. The summed E-state index contributed by atoms with van der Waals surface area (Å²) < 4.78 is 13.4. The number of aryl methyl sites for hydroxylation is 1. The van der Waals surface area contributed by atoms with E-state index in [0.29, 0.717) is 29.4 Å². The quantitative estimate of drug-likeness (QED) is 0.871. The van der Waals surface area contributed by atoms with Gasteiger partial charge in [-0.15, -0.1) is 0 Å². The topological polar surface area (TPSA) is 40.5 Å². The first-order valence-corrected chi connectivity index (χ1v) is 7.38. The van der Waals surface area contributed by atoms with E-state index in [4.69, 9.17) is 9.47 Å². The lowest BCUT2D eigenvalue weighted by atomic mass is 10.0. The van der Waals surface area contributed by atoms with Gasteiger partial charge in [0, 0.05) is 18.9 Å². The summed E-state index contributed by atoms with van der Waals surface area (Å²) >= 11 is 0. The van der Waals surface area contributed by atoms with E-state index < -0.39 is 0 Å². The summed E-state index contributed by atoms with van der Waals surface area (Å²) in [4.78, 5) is 12.7. The molecule has 1 unspecified atom stereocenters. The first-order valence-electron chi connectivity index (χ1n) is 7.38. The molecule has 1 aliphatic heterocycles. The van der Waals surface area contributed by atoms with Crippen LogP contribution in [0.5, 0.6) is 11.6 Å². The van der Waals surface area contributed by atoms with Gasteiger partial charge in [0.25, 0.3) is 0 Å². The van der Waals surface area contributed by atoms with Crippen molar-refractivity contribution in [1.29, 1.82) is 0 Å². The van der Waals surface area contributed by atoms with E-state index >= 15 is 0 Å². The van der Waals surface area contributed by atoms with Gasteiger partial charge in [-0.25, -0.2) is 0 Å². The summed E-state index contributed by atoms with van der Waals surface area (Å²) in [5, 5.41) is 0.699. The molecule has 1 aliphatic rings. The summed E-state index contributed by atoms with van der Waals surface area (Å²) in [7, 11) is 3.55. The number of hydrogen-bond acceptors (Lipinski definition) is 3. The lowest BCUT2D eigenvalue weighted by Gasteiger charge is -2.16. The van der Waals surface area contributed by atoms with Crippen LogP contribution >= 0.6 is 0 Å². The highest BCUT2D eigenvalue weighted by atomic mass is 16.5. The van der Waals surface area contributed by atoms with Gasteiger partial charge in [0.05, 0.1) is 18.2 Å². The third-order valence-electron chi connectivity index (χ3n) is 4.08. The van der Waals surface area contributed by atoms with E-state index in [1.54, 1.807) is 7.11 Å². The maximum atomic E-state index is 12.7. The Bertz CT molecular complexity index is 746. The fourth-order valence-corrected chi connectivity index (χ4v) is 3.19. The van der Waals surface area contributed by atoms with Gasteiger partial charge in [0.2, 0.25) is 5.88 Å². The van der Waals surface area contributed by atoms with Crippen LogP contribution in [0.15, 0.2) is 23.0 Å². The molecular weight excluding hydrogens is 266 g/mol. The van der Waals surface area contributed by atoms with Gasteiger partial charge in [0.1, 0.15) is 11.9 Å². The highest BCUT2D eigenvalue weighted by Crippen LogP contribution is 2.34. The molecule has 0 aliphatic carbocycles. The van der Waals surface area contributed by atoms with Crippen molar-refractivity contribution in [3.63, 3.8) is 0 Å². The Labute approximate surface area is 124 Å². The van der Waals surface area contributed by atoms with Crippen molar-refractivity contribution in [2.45, 2.75) is 32.8 Å². The Morgan fingerprint density at radius 1 is 1.43 bits per heavy atom. The summed E-state index contributed by atoms with van der Waals surface area (Å²) in [5.74, 6) is 1.95.